The fraction of sp³-hybridized carbons (Fsp3) is 0.700. The van der Waals surface area contributed by atoms with Gasteiger partial charge in [-0.25, -0.2) is 0 Å². The van der Waals surface area contributed by atoms with Crippen LogP contribution in [0, 0.1) is 12.3 Å². The fourth-order valence-corrected chi connectivity index (χ4v) is 1.02. The van der Waals surface area contributed by atoms with Gasteiger partial charge >= 0.3 is 6.01 Å². The van der Waals surface area contributed by atoms with Crippen LogP contribution in [0.5, 0.6) is 0 Å². The molecule has 0 spiro atoms. The molecule has 1 unspecified atom stereocenters. The van der Waals surface area contributed by atoms with Crippen molar-refractivity contribution >= 4 is 11.9 Å². The van der Waals surface area contributed by atoms with E-state index >= 15 is 0 Å². The number of nitrogens with zero attached hydrogens (tertiary/aromatic N) is 2. The predicted molar refractivity (Wildman–Crippen MR) is 59.7 cm³/mol. The predicted octanol–water partition coefficient (Wildman–Crippen LogP) is 1.08. The number of amides is 1. The Hall–Kier alpha value is -1.43. The highest BCUT2D eigenvalue weighted by atomic mass is 16.4. The molecule has 1 amide bonds. The van der Waals surface area contributed by atoms with E-state index in [1.165, 1.54) is 0 Å². The van der Waals surface area contributed by atoms with Crippen molar-refractivity contribution in [2.24, 2.45) is 11.1 Å². The Morgan fingerprint density at radius 1 is 1.50 bits per heavy atom. The minimum absolute atomic E-state index is 0.109. The van der Waals surface area contributed by atoms with Gasteiger partial charge in [0.05, 0.1) is 0 Å². The maximum atomic E-state index is 11.6. The number of hydrogen-bond donors (Lipinski definition) is 2. The Kier molecular flexibility index (Phi) is 3.64. The zero-order chi connectivity index (χ0) is 12.3. The number of anilines is 1. The Morgan fingerprint density at radius 3 is 2.56 bits per heavy atom. The minimum Gasteiger partial charge on any atom is -0.408 e. The van der Waals surface area contributed by atoms with Gasteiger partial charge in [0.25, 0.3) is 0 Å². The summed E-state index contributed by atoms with van der Waals surface area (Å²) >= 11 is 0. The van der Waals surface area contributed by atoms with Crippen LogP contribution in [-0.4, -0.2) is 22.1 Å². The number of rotatable bonds is 3. The summed E-state index contributed by atoms with van der Waals surface area (Å²) < 4.78 is 5.03. The summed E-state index contributed by atoms with van der Waals surface area (Å²) in [4.78, 5) is 11.6. The average Bonchev–Trinajstić information content (AvgIpc) is 2.49. The molecule has 0 aliphatic heterocycles. The van der Waals surface area contributed by atoms with E-state index < -0.39 is 0 Å². The lowest BCUT2D eigenvalue weighted by Gasteiger charge is -2.26. The number of hydrogen-bond acceptors (Lipinski definition) is 5. The van der Waals surface area contributed by atoms with Crippen LogP contribution in [0.2, 0.25) is 0 Å². The Morgan fingerprint density at radius 2 is 2.12 bits per heavy atom. The van der Waals surface area contributed by atoms with E-state index in [1.54, 1.807) is 6.92 Å². The molecule has 0 fully saturated rings. The topological polar surface area (TPSA) is 94.0 Å². The molecule has 0 aliphatic carbocycles. The highest BCUT2D eigenvalue weighted by Gasteiger charge is 2.23. The van der Waals surface area contributed by atoms with Crippen LogP contribution in [-0.2, 0) is 4.79 Å². The third kappa shape index (κ3) is 3.62. The lowest BCUT2D eigenvalue weighted by Crippen LogP contribution is -2.38. The quantitative estimate of drug-likeness (QED) is 0.804. The summed E-state index contributed by atoms with van der Waals surface area (Å²) in [6.07, 6.45) is 0.227. The number of aromatic nitrogens is 2. The van der Waals surface area contributed by atoms with Crippen LogP contribution in [0.4, 0.5) is 6.01 Å². The van der Waals surface area contributed by atoms with Crippen molar-refractivity contribution in [3.63, 3.8) is 0 Å². The first kappa shape index (κ1) is 12.6. The molecular formula is C10H18N4O2. The van der Waals surface area contributed by atoms with Crippen molar-refractivity contribution < 1.29 is 9.21 Å². The lowest BCUT2D eigenvalue weighted by molar-refractivity contribution is -0.117. The highest BCUT2D eigenvalue weighted by molar-refractivity contribution is 5.88. The molecule has 90 valence electrons. The Bertz CT molecular complexity index is 367. The van der Waals surface area contributed by atoms with Crippen LogP contribution >= 0.6 is 0 Å². The highest BCUT2D eigenvalue weighted by Crippen LogP contribution is 2.20. The molecule has 0 aliphatic rings. The number of nitrogens with one attached hydrogen (secondary N) is 1. The smallest absolute Gasteiger partial charge is 0.322 e. The van der Waals surface area contributed by atoms with Crippen molar-refractivity contribution in [2.45, 2.75) is 40.2 Å². The zero-order valence-electron chi connectivity index (χ0n) is 10.1. The summed E-state index contributed by atoms with van der Waals surface area (Å²) in [5.41, 5.74) is 5.77. The number of carbonyl (C=O) groups is 1. The van der Waals surface area contributed by atoms with Crippen molar-refractivity contribution in [3.8, 4) is 0 Å². The van der Waals surface area contributed by atoms with Crippen molar-refractivity contribution in [1.29, 1.82) is 0 Å². The summed E-state index contributed by atoms with van der Waals surface area (Å²) in [6, 6.07) is -0.0971. The van der Waals surface area contributed by atoms with Gasteiger partial charge in [-0.1, -0.05) is 25.9 Å². The molecule has 1 aromatic heterocycles. The lowest BCUT2D eigenvalue weighted by atomic mass is 9.85. The van der Waals surface area contributed by atoms with Gasteiger partial charge in [0, 0.05) is 19.4 Å². The third-order valence-corrected chi connectivity index (χ3v) is 2.29. The zero-order valence-corrected chi connectivity index (χ0v) is 10.1. The molecule has 1 rings (SSSR count). The Balaban J connectivity index is 2.48. The fourth-order valence-electron chi connectivity index (χ4n) is 1.02. The molecule has 0 saturated heterocycles. The molecular weight excluding hydrogens is 208 g/mol. The molecule has 1 atom stereocenters. The second-order valence-electron chi connectivity index (χ2n) is 4.85. The first-order valence-corrected chi connectivity index (χ1v) is 5.14. The van der Waals surface area contributed by atoms with E-state index in [0.29, 0.717) is 5.89 Å². The largest absolute Gasteiger partial charge is 0.408 e. The van der Waals surface area contributed by atoms with Gasteiger partial charge in [0.1, 0.15) is 0 Å². The van der Waals surface area contributed by atoms with Crippen molar-refractivity contribution in [3.05, 3.63) is 5.89 Å². The van der Waals surface area contributed by atoms with Gasteiger partial charge in [-0.05, 0) is 5.41 Å². The first-order valence-electron chi connectivity index (χ1n) is 5.14. The van der Waals surface area contributed by atoms with Crippen LogP contribution in [0.25, 0.3) is 0 Å². The second kappa shape index (κ2) is 4.61. The Labute approximate surface area is 94.6 Å². The number of nitrogens with two attached hydrogens (primary N) is 1. The molecule has 1 aromatic rings. The summed E-state index contributed by atoms with van der Waals surface area (Å²) in [5, 5.41) is 9.78. The minimum atomic E-state index is -0.217. The summed E-state index contributed by atoms with van der Waals surface area (Å²) in [6.45, 7) is 7.62. The molecule has 0 radical (unpaired) electrons. The average molecular weight is 226 g/mol. The normalized spacial score (nSPS) is 13.6. The maximum Gasteiger partial charge on any atom is 0.322 e. The monoisotopic (exact) mass is 226 g/mol. The van der Waals surface area contributed by atoms with E-state index in [0.717, 1.165) is 0 Å². The second-order valence-corrected chi connectivity index (χ2v) is 4.85. The molecule has 0 aromatic carbocycles. The van der Waals surface area contributed by atoms with Crippen LogP contribution < -0.4 is 11.1 Å². The van der Waals surface area contributed by atoms with Crippen LogP contribution in [0.15, 0.2) is 4.42 Å². The summed E-state index contributed by atoms with van der Waals surface area (Å²) in [5.74, 6) is 0.196. The van der Waals surface area contributed by atoms with Gasteiger partial charge in [-0.15, -0.1) is 5.10 Å². The first-order chi connectivity index (χ1) is 7.29. The molecule has 3 N–H and O–H groups in total. The number of aryl methyl sites for hydroxylation is 1. The van der Waals surface area contributed by atoms with Gasteiger partial charge in [0.15, 0.2) is 0 Å². The van der Waals surface area contributed by atoms with E-state index in [4.69, 9.17) is 10.2 Å². The van der Waals surface area contributed by atoms with E-state index in [9.17, 15) is 4.79 Å². The van der Waals surface area contributed by atoms with Gasteiger partial charge in [0.2, 0.25) is 11.8 Å². The molecule has 16 heavy (non-hydrogen) atoms. The third-order valence-electron chi connectivity index (χ3n) is 2.29. The molecule has 0 saturated carbocycles. The van der Waals surface area contributed by atoms with Gasteiger partial charge < -0.3 is 10.2 Å². The molecule has 1 heterocycles. The SMILES string of the molecule is Cc1nnc(NC(=O)CC(N)C(C)(C)C)o1. The van der Waals surface area contributed by atoms with Crippen molar-refractivity contribution in [2.75, 3.05) is 5.32 Å². The van der Waals surface area contributed by atoms with Crippen LogP contribution in [0.3, 0.4) is 0 Å². The molecule has 6 heteroatoms. The standard InChI is InChI=1S/C10H18N4O2/c1-6-13-14-9(16-6)12-8(15)5-7(11)10(2,3)4/h7H,5,11H2,1-4H3,(H,12,14,15). The van der Waals surface area contributed by atoms with E-state index in [2.05, 4.69) is 15.5 Å². The van der Waals surface area contributed by atoms with Crippen LogP contribution in [0.1, 0.15) is 33.1 Å². The molecule has 0 bridgehead atoms. The summed E-state index contributed by atoms with van der Waals surface area (Å²) in [7, 11) is 0. The molecule has 6 nitrogen and oxygen atoms in total. The van der Waals surface area contributed by atoms with Gasteiger partial charge in [-0.3, -0.25) is 10.1 Å². The maximum absolute atomic E-state index is 11.6. The van der Waals surface area contributed by atoms with Gasteiger partial charge in [-0.2, -0.15) is 0 Å². The number of carbonyl (C=O) groups excluding carboxylic acids is 1. The van der Waals surface area contributed by atoms with E-state index in [1.807, 2.05) is 20.8 Å². The van der Waals surface area contributed by atoms with Crippen molar-refractivity contribution in [1.82, 2.24) is 10.2 Å². The van der Waals surface area contributed by atoms with E-state index in [-0.39, 0.29) is 29.8 Å².